The van der Waals surface area contributed by atoms with Crippen LogP contribution in [-0.4, -0.2) is 23.1 Å². The highest BCUT2D eigenvalue weighted by Crippen LogP contribution is 2.24. The number of aliphatic carboxylic acids is 1. The minimum Gasteiger partial charge on any atom is -0.481 e. The smallest absolute Gasteiger partial charge is 0.315 e. The molecule has 1 heterocycles. The van der Waals surface area contributed by atoms with E-state index < -0.39 is 5.97 Å². The van der Waals surface area contributed by atoms with Crippen molar-refractivity contribution in [3.8, 4) is 0 Å². The molecule has 0 aliphatic heterocycles. The first-order chi connectivity index (χ1) is 9.15. The van der Waals surface area contributed by atoms with Crippen molar-refractivity contribution in [1.82, 2.24) is 10.6 Å². The van der Waals surface area contributed by atoms with Crippen molar-refractivity contribution < 1.29 is 14.7 Å². The molecule has 0 aromatic carbocycles. The second kappa shape index (κ2) is 6.56. The van der Waals surface area contributed by atoms with Crippen LogP contribution in [-0.2, 0) is 11.3 Å². The van der Waals surface area contributed by atoms with Crippen molar-refractivity contribution in [3.05, 3.63) is 22.4 Å². The third kappa shape index (κ3) is 4.24. The van der Waals surface area contributed by atoms with Crippen molar-refractivity contribution in [1.29, 1.82) is 0 Å². The Balaban J connectivity index is 1.67. The van der Waals surface area contributed by atoms with Gasteiger partial charge >= 0.3 is 12.0 Å². The highest BCUT2D eigenvalue weighted by Gasteiger charge is 2.26. The van der Waals surface area contributed by atoms with E-state index in [-0.39, 0.29) is 18.0 Å². The molecule has 19 heavy (non-hydrogen) atoms. The van der Waals surface area contributed by atoms with E-state index in [4.69, 9.17) is 5.11 Å². The van der Waals surface area contributed by atoms with E-state index in [0.717, 1.165) is 17.7 Å². The predicted octanol–water partition coefficient (Wildman–Crippen LogP) is 2.19. The Morgan fingerprint density at radius 2 is 2.05 bits per heavy atom. The number of carboxylic acids is 1. The van der Waals surface area contributed by atoms with Crippen LogP contribution >= 0.6 is 11.3 Å². The van der Waals surface area contributed by atoms with Crippen LogP contribution in [0, 0.1) is 5.92 Å². The molecule has 0 radical (unpaired) electrons. The second-order valence-electron chi connectivity index (χ2n) is 4.79. The highest BCUT2D eigenvalue weighted by molar-refractivity contribution is 7.09. The standard InChI is InChI=1S/C13H18N2O3S/c16-12(17)9-3-5-10(6-4-9)15-13(18)14-8-11-2-1-7-19-11/h1-2,7,9-10H,3-6,8H2,(H,16,17)(H2,14,15,18). The first-order valence-corrected chi connectivity index (χ1v) is 7.32. The molecule has 6 heteroatoms. The van der Waals surface area contributed by atoms with Crippen molar-refractivity contribution in [2.75, 3.05) is 0 Å². The lowest BCUT2D eigenvalue weighted by molar-refractivity contribution is -0.142. The van der Waals surface area contributed by atoms with E-state index in [1.54, 1.807) is 11.3 Å². The summed E-state index contributed by atoms with van der Waals surface area (Å²) in [6.45, 7) is 0.536. The normalized spacial score (nSPS) is 22.7. The molecule has 1 aromatic heterocycles. The van der Waals surface area contributed by atoms with Gasteiger partial charge in [0.1, 0.15) is 0 Å². The van der Waals surface area contributed by atoms with E-state index in [2.05, 4.69) is 10.6 Å². The third-order valence-corrected chi connectivity index (χ3v) is 4.29. The fourth-order valence-electron chi connectivity index (χ4n) is 2.30. The first-order valence-electron chi connectivity index (χ1n) is 6.44. The number of rotatable bonds is 4. The Kier molecular flexibility index (Phi) is 4.79. The Morgan fingerprint density at radius 1 is 1.32 bits per heavy atom. The molecule has 2 rings (SSSR count). The molecule has 5 nitrogen and oxygen atoms in total. The number of nitrogens with one attached hydrogen (secondary N) is 2. The van der Waals surface area contributed by atoms with Gasteiger partial charge < -0.3 is 15.7 Å². The topological polar surface area (TPSA) is 78.4 Å². The summed E-state index contributed by atoms with van der Waals surface area (Å²) in [5.74, 6) is -0.965. The molecule has 0 saturated heterocycles. The van der Waals surface area contributed by atoms with Gasteiger partial charge in [-0.05, 0) is 37.1 Å². The van der Waals surface area contributed by atoms with Gasteiger partial charge in [0, 0.05) is 10.9 Å². The van der Waals surface area contributed by atoms with Crippen molar-refractivity contribution in [2.45, 2.75) is 38.3 Å². The molecular weight excluding hydrogens is 264 g/mol. The van der Waals surface area contributed by atoms with Crippen LogP contribution in [0.4, 0.5) is 4.79 Å². The molecule has 1 aliphatic rings. The number of urea groups is 1. The van der Waals surface area contributed by atoms with Crippen LogP contribution in [0.2, 0.25) is 0 Å². The zero-order valence-electron chi connectivity index (χ0n) is 10.6. The SMILES string of the molecule is O=C(NCc1cccs1)NC1CCC(C(=O)O)CC1. The highest BCUT2D eigenvalue weighted by atomic mass is 32.1. The van der Waals surface area contributed by atoms with Crippen LogP contribution in [0.1, 0.15) is 30.6 Å². The minimum atomic E-state index is -0.722. The monoisotopic (exact) mass is 282 g/mol. The molecule has 1 aromatic rings. The fourth-order valence-corrected chi connectivity index (χ4v) is 2.95. The Morgan fingerprint density at radius 3 is 2.63 bits per heavy atom. The molecule has 1 fully saturated rings. The number of carbonyl (C=O) groups is 2. The summed E-state index contributed by atoms with van der Waals surface area (Å²) in [7, 11) is 0. The van der Waals surface area contributed by atoms with Gasteiger partial charge in [-0.3, -0.25) is 4.79 Å². The molecule has 104 valence electrons. The van der Waals surface area contributed by atoms with Crippen molar-refractivity contribution >= 4 is 23.3 Å². The molecule has 0 spiro atoms. The van der Waals surface area contributed by atoms with Gasteiger partial charge in [0.25, 0.3) is 0 Å². The molecule has 1 saturated carbocycles. The van der Waals surface area contributed by atoms with Crippen LogP contribution in [0.15, 0.2) is 17.5 Å². The Labute approximate surface area is 116 Å². The van der Waals surface area contributed by atoms with Gasteiger partial charge in [-0.1, -0.05) is 6.07 Å². The maximum Gasteiger partial charge on any atom is 0.315 e. The molecule has 0 bridgehead atoms. The number of carbonyl (C=O) groups excluding carboxylic acids is 1. The lowest BCUT2D eigenvalue weighted by Gasteiger charge is -2.26. The fraction of sp³-hybridized carbons (Fsp3) is 0.538. The Hall–Kier alpha value is -1.56. The third-order valence-electron chi connectivity index (χ3n) is 3.41. The first kappa shape index (κ1) is 13.9. The van der Waals surface area contributed by atoms with Gasteiger partial charge in [0.15, 0.2) is 0 Å². The van der Waals surface area contributed by atoms with Crippen LogP contribution in [0.3, 0.4) is 0 Å². The lowest BCUT2D eigenvalue weighted by Crippen LogP contribution is -2.43. The number of amides is 2. The molecule has 1 aliphatic carbocycles. The summed E-state index contributed by atoms with van der Waals surface area (Å²) in [6, 6.07) is 3.85. The molecule has 0 unspecified atom stereocenters. The molecule has 2 amide bonds. The molecule has 0 atom stereocenters. The van der Waals surface area contributed by atoms with Gasteiger partial charge in [0.05, 0.1) is 12.5 Å². The zero-order chi connectivity index (χ0) is 13.7. The largest absolute Gasteiger partial charge is 0.481 e. The zero-order valence-corrected chi connectivity index (χ0v) is 11.4. The number of thiophene rings is 1. The summed E-state index contributed by atoms with van der Waals surface area (Å²) in [5.41, 5.74) is 0. The summed E-state index contributed by atoms with van der Waals surface area (Å²) < 4.78 is 0. The van der Waals surface area contributed by atoms with Gasteiger partial charge in [0.2, 0.25) is 0 Å². The van der Waals surface area contributed by atoms with Crippen molar-refractivity contribution in [2.24, 2.45) is 5.92 Å². The quantitative estimate of drug-likeness (QED) is 0.792. The molecular formula is C13H18N2O3S. The summed E-state index contributed by atoms with van der Waals surface area (Å²) >= 11 is 1.61. The van der Waals surface area contributed by atoms with E-state index in [1.165, 1.54) is 0 Å². The number of hydrogen-bond acceptors (Lipinski definition) is 3. The van der Waals surface area contributed by atoms with Crippen LogP contribution in [0.5, 0.6) is 0 Å². The summed E-state index contributed by atoms with van der Waals surface area (Å²) in [4.78, 5) is 23.6. The lowest BCUT2D eigenvalue weighted by atomic mass is 9.86. The van der Waals surface area contributed by atoms with E-state index in [0.29, 0.717) is 19.4 Å². The van der Waals surface area contributed by atoms with Crippen molar-refractivity contribution in [3.63, 3.8) is 0 Å². The van der Waals surface area contributed by atoms with E-state index in [9.17, 15) is 9.59 Å². The van der Waals surface area contributed by atoms with Crippen LogP contribution < -0.4 is 10.6 Å². The summed E-state index contributed by atoms with van der Waals surface area (Å²) in [5, 5.41) is 16.6. The Bertz CT molecular complexity index is 425. The second-order valence-corrected chi connectivity index (χ2v) is 5.83. The summed E-state index contributed by atoms with van der Waals surface area (Å²) in [6.07, 6.45) is 2.77. The maximum atomic E-state index is 11.7. The average Bonchev–Trinajstić information content (AvgIpc) is 2.90. The van der Waals surface area contributed by atoms with E-state index >= 15 is 0 Å². The van der Waals surface area contributed by atoms with Gasteiger partial charge in [-0.25, -0.2) is 4.79 Å². The van der Waals surface area contributed by atoms with E-state index in [1.807, 2.05) is 17.5 Å². The average molecular weight is 282 g/mol. The van der Waals surface area contributed by atoms with Gasteiger partial charge in [-0.15, -0.1) is 11.3 Å². The maximum absolute atomic E-state index is 11.7. The van der Waals surface area contributed by atoms with Crippen LogP contribution in [0.25, 0.3) is 0 Å². The predicted molar refractivity (Wildman–Crippen MR) is 73.1 cm³/mol. The number of carboxylic acid groups (broad SMARTS) is 1. The number of hydrogen-bond donors (Lipinski definition) is 3. The van der Waals surface area contributed by atoms with Gasteiger partial charge in [-0.2, -0.15) is 0 Å². The minimum absolute atomic E-state index is 0.0962. The molecule has 3 N–H and O–H groups in total.